The number of amides is 3. The molecule has 6 heteroatoms. The Morgan fingerprint density at radius 1 is 0.833 bits per heavy atom. The van der Waals surface area contributed by atoms with E-state index in [2.05, 4.69) is 36.4 Å². The molecule has 6 nitrogen and oxygen atoms in total. The van der Waals surface area contributed by atoms with E-state index in [9.17, 15) is 14.4 Å². The van der Waals surface area contributed by atoms with E-state index in [4.69, 9.17) is 4.74 Å². The number of carbonyl (C=O) groups is 3. The molecule has 0 aliphatic carbocycles. The van der Waals surface area contributed by atoms with Gasteiger partial charge in [0.15, 0.2) is 0 Å². The van der Waals surface area contributed by atoms with Gasteiger partial charge in [0, 0.05) is 44.5 Å². The van der Waals surface area contributed by atoms with Gasteiger partial charge >= 0.3 is 0 Å². The summed E-state index contributed by atoms with van der Waals surface area (Å²) in [5, 5.41) is 0. The van der Waals surface area contributed by atoms with Crippen LogP contribution in [-0.4, -0.2) is 52.8 Å². The van der Waals surface area contributed by atoms with Crippen molar-refractivity contribution in [3.8, 4) is 16.9 Å². The maximum atomic E-state index is 12.9. The summed E-state index contributed by atoms with van der Waals surface area (Å²) in [5.74, 6) is 0.170. The van der Waals surface area contributed by atoms with Crippen LogP contribution in [0.4, 0.5) is 0 Å². The van der Waals surface area contributed by atoms with Crippen LogP contribution >= 0.6 is 0 Å². The maximum Gasteiger partial charge on any atom is 0.261 e. The van der Waals surface area contributed by atoms with E-state index < -0.39 is 5.60 Å². The molecule has 0 atom stereocenters. The largest absolute Gasteiger partial charge is 0.482 e. The average Bonchev–Trinajstić information content (AvgIpc) is 3.17. The Balaban J connectivity index is 1.06. The second-order valence-electron chi connectivity index (χ2n) is 9.56. The Labute approximate surface area is 209 Å². The summed E-state index contributed by atoms with van der Waals surface area (Å²) in [6.07, 6.45) is 5.78. The summed E-state index contributed by atoms with van der Waals surface area (Å²) in [6, 6.07) is 23.3. The Bertz CT molecular complexity index is 1350. The van der Waals surface area contributed by atoms with Crippen molar-refractivity contribution in [1.82, 2.24) is 9.80 Å². The topological polar surface area (TPSA) is 66.9 Å². The zero-order valence-corrected chi connectivity index (χ0v) is 19.9. The van der Waals surface area contributed by atoms with Gasteiger partial charge in [-0.3, -0.25) is 19.3 Å². The Hall–Kier alpha value is -4.19. The van der Waals surface area contributed by atoms with Gasteiger partial charge in [0.05, 0.1) is 11.1 Å². The van der Waals surface area contributed by atoms with Crippen molar-refractivity contribution in [1.29, 1.82) is 0 Å². The van der Waals surface area contributed by atoms with E-state index in [1.165, 1.54) is 10.5 Å². The number of benzene rings is 3. The smallest absolute Gasteiger partial charge is 0.261 e. The number of rotatable bonds is 4. The third-order valence-electron chi connectivity index (χ3n) is 7.39. The molecule has 0 aromatic heterocycles. The summed E-state index contributed by atoms with van der Waals surface area (Å²) < 4.78 is 6.46. The lowest BCUT2D eigenvalue weighted by molar-refractivity contribution is -0.134. The predicted octanol–water partition coefficient (Wildman–Crippen LogP) is 4.81. The number of likely N-dealkylation sites (tertiary alicyclic amines) is 1. The van der Waals surface area contributed by atoms with E-state index >= 15 is 0 Å². The quantitative estimate of drug-likeness (QED) is 0.505. The van der Waals surface area contributed by atoms with E-state index in [0.29, 0.717) is 37.1 Å². The van der Waals surface area contributed by atoms with Crippen molar-refractivity contribution in [2.24, 2.45) is 0 Å². The number of carbonyl (C=O) groups excluding carboxylic acids is 3. The average molecular weight is 479 g/mol. The summed E-state index contributed by atoms with van der Waals surface area (Å²) >= 11 is 0. The van der Waals surface area contributed by atoms with Crippen LogP contribution in [0.25, 0.3) is 17.2 Å². The highest BCUT2D eigenvalue weighted by Gasteiger charge is 2.39. The van der Waals surface area contributed by atoms with Crippen molar-refractivity contribution in [2.75, 3.05) is 19.6 Å². The molecule has 3 aromatic carbocycles. The second-order valence-corrected chi connectivity index (χ2v) is 9.56. The summed E-state index contributed by atoms with van der Waals surface area (Å²) in [6.45, 7) is 1.24. The van der Waals surface area contributed by atoms with E-state index in [1.54, 1.807) is 24.3 Å². The number of piperidine rings is 1. The third-order valence-corrected chi connectivity index (χ3v) is 7.39. The molecule has 0 N–H and O–H groups in total. The Morgan fingerprint density at radius 3 is 2.19 bits per heavy atom. The Morgan fingerprint density at radius 2 is 1.50 bits per heavy atom. The molecule has 6 rings (SSSR count). The Kier molecular flexibility index (Phi) is 5.44. The molecule has 0 radical (unpaired) electrons. The number of nitrogens with zero attached hydrogens (tertiary/aromatic N) is 2. The minimum absolute atomic E-state index is 0.0471. The normalized spacial score (nSPS) is 17.7. The minimum atomic E-state index is -0.416. The van der Waals surface area contributed by atoms with Gasteiger partial charge in [0.1, 0.15) is 11.4 Å². The predicted molar refractivity (Wildman–Crippen MR) is 137 cm³/mol. The monoisotopic (exact) mass is 478 g/mol. The molecule has 36 heavy (non-hydrogen) atoms. The first-order valence-corrected chi connectivity index (χ1v) is 12.3. The molecule has 3 heterocycles. The van der Waals surface area contributed by atoms with Crippen molar-refractivity contribution >= 4 is 23.8 Å². The van der Waals surface area contributed by atoms with E-state index in [0.717, 1.165) is 16.9 Å². The van der Waals surface area contributed by atoms with E-state index in [1.807, 2.05) is 29.2 Å². The van der Waals surface area contributed by atoms with Crippen molar-refractivity contribution in [2.45, 2.75) is 24.9 Å². The van der Waals surface area contributed by atoms with Gasteiger partial charge in [0.25, 0.3) is 11.8 Å². The standard InChI is InChI=1S/C30H26N2O4/c33-27(13-17-32-28(34)24-8-4-5-9-25(24)29(32)35)31-18-15-30(16-19-31)14-12-23-20-22(10-11-26(23)36-30)21-6-2-1-3-7-21/h1-12,14,20H,13,15-19H2. The van der Waals surface area contributed by atoms with Crippen LogP contribution in [0.2, 0.25) is 0 Å². The summed E-state index contributed by atoms with van der Waals surface area (Å²) in [7, 11) is 0. The summed E-state index contributed by atoms with van der Waals surface area (Å²) in [5.41, 5.74) is 3.78. The first-order valence-electron chi connectivity index (χ1n) is 12.3. The molecule has 0 unspecified atom stereocenters. The molecule has 3 amide bonds. The van der Waals surface area contributed by atoms with Gasteiger partial charge in [-0.05, 0) is 41.5 Å². The van der Waals surface area contributed by atoms with Gasteiger partial charge in [-0.2, -0.15) is 0 Å². The van der Waals surface area contributed by atoms with Gasteiger partial charge in [-0.15, -0.1) is 0 Å². The lowest BCUT2D eigenvalue weighted by Crippen LogP contribution is -2.49. The van der Waals surface area contributed by atoms with Crippen LogP contribution in [0, 0.1) is 0 Å². The fourth-order valence-corrected chi connectivity index (χ4v) is 5.29. The highest BCUT2D eigenvalue weighted by atomic mass is 16.5. The van der Waals surface area contributed by atoms with E-state index in [-0.39, 0.29) is 30.7 Å². The zero-order valence-electron chi connectivity index (χ0n) is 19.9. The maximum absolute atomic E-state index is 12.9. The van der Waals surface area contributed by atoms with Crippen LogP contribution in [0.3, 0.4) is 0 Å². The molecule has 3 aromatic rings. The third kappa shape index (κ3) is 3.88. The number of ether oxygens (including phenoxy) is 1. The highest BCUT2D eigenvalue weighted by molar-refractivity contribution is 6.21. The van der Waals surface area contributed by atoms with Gasteiger partial charge < -0.3 is 9.64 Å². The lowest BCUT2D eigenvalue weighted by Gasteiger charge is -2.42. The van der Waals surface area contributed by atoms with Crippen molar-refractivity contribution in [3.63, 3.8) is 0 Å². The SMILES string of the molecule is O=C(CCN1C(=O)c2ccccc2C1=O)N1CCC2(C=Cc3cc(-c4ccccc4)ccc3O2)CC1. The number of hydrogen-bond donors (Lipinski definition) is 0. The van der Waals surface area contributed by atoms with Crippen LogP contribution in [0.5, 0.6) is 5.75 Å². The molecule has 3 aliphatic heterocycles. The second kappa shape index (κ2) is 8.79. The fourth-order valence-electron chi connectivity index (χ4n) is 5.29. The first-order chi connectivity index (χ1) is 17.5. The van der Waals surface area contributed by atoms with Crippen LogP contribution in [0.1, 0.15) is 45.5 Å². The van der Waals surface area contributed by atoms with Crippen LogP contribution in [-0.2, 0) is 4.79 Å². The molecule has 1 fully saturated rings. The molecular weight excluding hydrogens is 452 g/mol. The van der Waals surface area contributed by atoms with Crippen molar-refractivity contribution in [3.05, 3.63) is 95.6 Å². The van der Waals surface area contributed by atoms with Crippen molar-refractivity contribution < 1.29 is 19.1 Å². The molecule has 0 bridgehead atoms. The number of fused-ring (bicyclic) bond motifs is 2. The molecule has 1 spiro atoms. The first kappa shape index (κ1) is 22.3. The van der Waals surface area contributed by atoms with Crippen LogP contribution < -0.4 is 4.74 Å². The van der Waals surface area contributed by atoms with Crippen LogP contribution in [0.15, 0.2) is 78.9 Å². The molecule has 180 valence electrons. The highest BCUT2D eigenvalue weighted by Crippen LogP contribution is 2.39. The molecule has 1 saturated heterocycles. The molecule has 3 aliphatic rings. The van der Waals surface area contributed by atoms with Gasteiger partial charge in [-0.25, -0.2) is 0 Å². The number of hydrogen-bond acceptors (Lipinski definition) is 4. The van der Waals surface area contributed by atoms with Gasteiger partial charge in [0.2, 0.25) is 5.91 Å². The lowest BCUT2D eigenvalue weighted by atomic mass is 9.87. The van der Waals surface area contributed by atoms with Gasteiger partial charge in [-0.1, -0.05) is 54.6 Å². The zero-order chi connectivity index (χ0) is 24.7. The summed E-state index contributed by atoms with van der Waals surface area (Å²) in [4.78, 5) is 41.0. The minimum Gasteiger partial charge on any atom is -0.482 e. The number of imide groups is 1. The fraction of sp³-hybridized carbons (Fsp3) is 0.233. The molecule has 0 saturated carbocycles. The molecular formula is C30H26N2O4.